The normalized spacial score (nSPS) is 12.0. The highest BCUT2D eigenvalue weighted by Crippen LogP contribution is 2.37. The van der Waals surface area contributed by atoms with Crippen LogP contribution in [0.3, 0.4) is 0 Å². The number of aromatic hydroxyl groups is 1. The average Bonchev–Trinajstić information content (AvgIpc) is 2.48. The summed E-state index contributed by atoms with van der Waals surface area (Å²) >= 11 is 0. The van der Waals surface area contributed by atoms with Crippen molar-refractivity contribution in [2.75, 3.05) is 4.72 Å². The van der Waals surface area contributed by atoms with Crippen LogP contribution in [0, 0.1) is 6.92 Å². The quantitative estimate of drug-likeness (QED) is 0.767. The fourth-order valence-corrected chi connectivity index (χ4v) is 3.73. The van der Waals surface area contributed by atoms with Crippen LogP contribution >= 0.6 is 0 Å². The van der Waals surface area contributed by atoms with Crippen molar-refractivity contribution in [3.8, 4) is 5.75 Å². The van der Waals surface area contributed by atoms with Gasteiger partial charge in [-0.1, -0.05) is 45.4 Å². The van der Waals surface area contributed by atoms with Crippen molar-refractivity contribution in [2.24, 2.45) is 0 Å². The van der Waals surface area contributed by atoms with Crippen LogP contribution in [-0.2, 0) is 10.0 Å². The van der Waals surface area contributed by atoms with E-state index in [0.29, 0.717) is 5.69 Å². The van der Waals surface area contributed by atoms with E-state index < -0.39 is 10.0 Å². The Kier molecular flexibility index (Phi) is 5.23. The molecule has 0 aromatic heterocycles. The molecule has 2 N–H and O–H groups in total. The highest BCUT2D eigenvalue weighted by molar-refractivity contribution is 7.92. The standard InChI is InChI=1S/C19H25NO3S/c1-12(2)17-10-15(21)11-18(13(3)4)19(17)20-24(22,23)16-8-6-14(5)7-9-16/h6-13,20-21H,1-5H3. The highest BCUT2D eigenvalue weighted by atomic mass is 32.2. The summed E-state index contributed by atoms with van der Waals surface area (Å²) in [6, 6.07) is 10.0. The fraction of sp³-hybridized carbons (Fsp3) is 0.368. The van der Waals surface area contributed by atoms with Crippen LogP contribution in [0.2, 0.25) is 0 Å². The Labute approximate surface area is 144 Å². The van der Waals surface area contributed by atoms with Crippen LogP contribution in [0.25, 0.3) is 0 Å². The van der Waals surface area contributed by atoms with Gasteiger partial charge in [-0.2, -0.15) is 0 Å². The summed E-state index contributed by atoms with van der Waals surface area (Å²) in [5.41, 5.74) is 3.14. The predicted octanol–water partition coefficient (Wildman–Crippen LogP) is 4.75. The van der Waals surface area contributed by atoms with Crippen molar-refractivity contribution in [3.63, 3.8) is 0 Å². The van der Waals surface area contributed by atoms with Crippen LogP contribution in [0.15, 0.2) is 41.3 Å². The first kappa shape index (κ1) is 18.3. The second-order valence-corrected chi connectivity index (χ2v) is 8.41. The molecule has 0 saturated carbocycles. The molecule has 5 heteroatoms. The highest BCUT2D eigenvalue weighted by Gasteiger charge is 2.21. The number of rotatable bonds is 5. The number of hydrogen-bond acceptors (Lipinski definition) is 3. The molecule has 0 aliphatic heterocycles. The molecule has 0 saturated heterocycles. The van der Waals surface area contributed by atoms with E-state index in [1.54, 1.807) is 36.4 Å². The van der Waals surface area contributed by atoms with Gasteiger partial charge in [-0.25, -0.2) is 8.42 Å². The summed E-state index contributed by atoms with van der Waals surface area (Å²) in [4.78, 5) is 0.227. The monoisotopic (exact) mass is 347 g/mol. The maximum atomic E-state index is 12.8. The molecule has 2 rings (SSSR count). The van der Waals surface area contributed by atoms with Gasteiger partial charge in [0.2, 0.25) is 0 Å². The lowest BCUT2D eigenvalue weighted by Gasteiger charge is -2.21. The van der Waals surface area contributed by atoms with Crippen molar-refractivity contribution in [1.82, 2.24) is 0 Å². The number of phenols is 1. The lowest BCUT2D eigenvalue weighted by atomic mass is 9.92. The van der Waals surface area contributed by atoms with E-state index in [0.717, 1.165) is 16.7 Å². The second-order valence-electron chi connectivity index (χ2n) is 6.73. The summed E-state index contributed by atoms with van der Waals surface area (Å²) in [6.45, 7) is 9.81. The molecular weight excluding hydrogens is 322 g/mol. The molecule has 4 nitrogen and oxygen atoms in total. The summed E-state index contributed by atoms with van der Waals surface area (Å²) in [5.74, 6) is 0.302. The maximum Gasteiger partial charge on any atom is 0.261 e. The fourth-order valence-electron chi connectivity index (χ4n) is 2.61. The van der Waals surface area contributed by atoms with E-state index in [2.05, 4.69) is 4.72 Å². The minimum Gasteiger partial charge on any atom is -0.508 e. The summed E-state index contributed by atoms with van der Waals surface area (Å²) < 4.78 is 28.3. The van der Waals surface area contributed by atoms with E-state index in [9.17, 15) is 13.5 Å². The lowest BCUT2D eigenvalue weighted by molar-refractivity contribution is 0.473. The van der Waals surface area contributed by atoms with Crippen LogP contribution in [-0.4, -0.2) is 13.5 Å². The van der Waals surface area contributed by atoms with Gasteiger partial charge in [0, 0.05) is 0 Å². The van der Waals surface area contributed by atoms with Crippen LogP contribution in [0.4, 0.5) is 5.69 Å². The number of benzene rings is 2. The van der Waals surface area contributed by atoms with Crippen LogP contribution < -0.4 is 4.72 Å². The van der Waals surface area contributed by atoms with Gasteiger partial charge in [0.15, 0.2) is 0 Å². The second kappa shape index (κ2) is 6.85. The van der Waals surface area contributed by atoms with Crippen LogP contribution in [0.5, 0.6) is 5.75 Å². The Balaban J connectivity index is 2.57. The molecule has 0 amide bonds. The SMILES string of the molecule is Cc1ccc(S(=O)(=O)Nc2c(C(C)C)cc(O)cc2C(C)C)cc1. The number of hydrogen-bond donors (Lipinski definition) is 2. The Bertz CT molecular complexity index is 793. The topological polar surface area (TPSA) is 66.4 Å². The maximum absolute atomic E-state index is 12.8. The van der Waals surface area contributed by atoms with Crippen molar-refractivity contribution < 1.29 is 13.5 Å². The van der Waals surface area contributed by atoms with Gasteiger partial charge in [0.25, 0.3) is 10.0 Å². The molecule has 0 bridgehead atoms. The Hall–Kier alpha value is -2.01. The van der Waals surface area contributed by atoms with E-state index in [1.807, 2.05) is 34.6 Å². The summed E-state index contributed by atoms with van der Waals surface area (Å²) in [5, 5.41) is 9.98. The van der Waals surface area contributed by atoms with Gasteiger partial charge in [0.05, 0.1) is 10.6 Å². The Morgan fingerprint density at radius 2 is 1.38 bits per heavy atom. The van der Waals surface area contributed by atoms with E-state index in [1.165, 1.54) is 0 Å². The molecule has 0 aliphatic rings. The predicted molar refractivity (Wildman–Crippen MR) is 98.3 cm³/mol. The van der Waals surface area contributed by atoms with Crippen LogP contribution in [0.1, 0.15) is 56.2 Å². The molecular formula is C19H25NO3S. The van der Waals surface area contributed by atoms with E-state index >= 15 is 0 Å². The molecule has 2 aromatic rings. The van der Waals surface area contributed by atoms with E-state index in [4.69, 9.17) is 0 Å². The smallest absolute Gasteiger partial charge is 0.261 e. The van der Waals surface area contributed by atoms with Gasteiger partial charge >= 0.3 is 0 Å². The minimum absolute atomic E-state index is 0.0744. The number of anilines is 1. The van der Waals surface area contributed by atoms with Gasteiger partial charge in [-0.15, -0.1) is 0 Å². The van der Waals surface area contributed by atoms with Crippen molar-refractivity contribution in [3.05, 3.63) is 53.1 Å². The summed E-state index contributed by atoms with van der Waals surface area (Å²) in [7, 11) is -3.69. The summed E-state index contributed by atoms with van der Waals surface area (Å²) in [6.07, 6.45) is 0. The van der Waals surface area contributed by atoms with Crippen molar-refractivity contribution in [2.45, 2.75) is 51.3 Å². The molecule has 0 fully saturated rings. The number of phenolic OH excluding ortho intramolecular Hbond substituents is 1. The zero-order valence-electron chi connectivity index (χ0n) is 14.8. The number of nitrogens with one attached hydrogen (secondary N) is 1. The average molecular weight is 347 g/mol. The Morgan fingerprint density at radius 3 is 1.79 bits per heavy atom. The Morgan fingerprint density at radius 1 is 0.917 bits per heavy atom. The first-order valence-electron chi connectivity index (χ1n) is 8.08. The number of aryl methyl sites for hydroxylation is 1. The zero-order valence-corrected chi connectivity index (χ0v) is 15.6. The van der Waals surface area contributed by atoms with E-state index in [-0.39, 0.29) is 22.5 Å². The van der Waals surface area contributed by atoms with Gasteiger partial charge < -0.3 is 5.11 Å². The minimum atomic E-state index is -3.69. The molecule has 0 unspecified atom stereocenters. The lowest BCUT2D eigenvalue weighted by Crippen LogP contribution is -2.16. The zero-order chi connectivity index (χ0) is 18.1. The van der Waals surface area contributed by atoms with Gasteiger partial charge in [-0.3, -0.25) is 4.72 Å². The molecule has 130 valence electrons. The first-order valence-corrected chi connectivity index (χ1v) is 9.56. The molecule has 0 spiro atoms. The third-order valence-electron chi connectivity index (χ3n) is 4.00. The van der Waals surface area contributed by atoms with Gasteiger partial charge in [0.1, 0.15) is 5.75 Å². The first-order chi connectivity index (χ1) is 11.1. The molecule has 0 radical (unpaired) electrons. The largest absolute Gasteiger partial charge is 0.508 e. The van der Waals surface area contributed by atoms with Gasteiger partial charge in [-0.05, 0) is 54.2 Å². The molecule has 0 aliphatic carbocycles. The third-order valence-corrected chi connectivity index (χ3v) is 5.36. The molecule has 24 heavy (non-hydrogen) atoms. The van der Waals surface area contributed by atoms with Crippen molar-refractivity contribution in [1.29, 1.82) is 0 Å². The molecule has 2 aromatic carbocycles. The molecule has 0 heterocycles. The molecule has 0 atom stereocenters. The third kappa shape index (κ3) is 3.90. The van der Waals surface area contributed by atoms with Crippen molar-refractivity contribution >= 4 is 15.7 Å². The number of sulfonamides is 1.